The molecule has 178 valence electrons. The van der Waals surface area contributed by atoms with Crippen LogP contribution in [0.2, 0.25) is 0 Å². The summed E-state index contributed by atoms with van der Waals surface area (Å²) in [5.74, 6) is 1.38. The van der Waals surface area contributed by atoms with E-state index in [4.69, 9.17) is 9.47 Å². The number of hydrogen-bond donors (Lipinski definition) is 3. The number of hydrogen-bond acceptors (Lipinski definition) is 5. The number of piperidine rings is 1. The van der Waals surface area contributed by atoms with Gasteiger partial charge in [0.2, 0.25) is 0 Å². The average Bonchev–Trinajstić information content (AvgIpc) is 2.86. The third-order valence-corrected chi connectivity index (χ3v) is 6.38. The molecule has 0 spiro atoms. The molecule has 33 heavy (non-hydrogen) atoms. The van der Waals surface area contributed by atoms with Crippen molar-refractivity contribution in [2.24, 2.45) is 0 Å². The minimum Gasteiger partial charge on any atom is -0.486 e. The highest BCUT2D eigenvalue weighted by Gasteiger charge is 2.29. The Hall–Kier alpha value is -2.77. The highest BCUT2D eigenvalue weighted by molar-refractivity contribution is 5.89. The van der Waals surface area contributed by atoms with Gasteiger partial charge in [-0.3, -0.25) is 0 Å². The number of ether oxygens (including phenoxy) is 2. The van der Waals surface area contributed by atoms with Crippen molar-refractivity contribution in [3.8, 4) is 11.5 Å². The van der Waals surface area contributed by atoms with E-state index in [1.54, 1.807) is 0 Å². The molecule has 0 saturated carbocycles. The Morgan fingerprint density at radius 3 is 2.58 bits per heavy atom. The fourth-order valence-corrected chi connectivity index (χ4v) is 4.27. The van der Waals surface area contributed by atoms with E-state index < -0.39 is 12.2 Å². The van der Waals surface area contributed by atoms with Crippen molar-refractivity contribution >= 4 is 11.7 Å². The summed E-state index contributed by atoms with van der Waals surface area (Å²) < 4.78 is 11.6. The maximum atomic E-state index is 12.6. The summed E-state index contributed by atoms with van der Waals surface area (Å²) in [6.45, 7) is 4.32. The standard InChI is InChI=1S/C26H35N3O4/c1-2-3-6-19-9-11-21(12-10-19)28-26(31)29-15-13-20(14-16-29)27-17-22(30)25-18-32-23-7-4-5-8-24(23)33-25/h4-5,7-12,20,22,25,27,30H,2-3,6,13-18H2,1H3,(H,28,31). The molecular weight excluding hydrogens is 418 g/mol. The normalized spacial score (nSPS) is 19.2. The van der Waals surface area contributed by atoms with Gasteiger partial charge in [0.1, 0.15) is 12.7 Å². The van der Waals surface area contributed by atoms with E-state index in [2.05, 4.69) is 29.7 Å². The lowest BCUT2D eigenvalue weighted by atomic mass is 10.0. The number of likely N-dealkylation sites (tertiary alicyclic amines) is 1. The maximum Gasteiger partial charge on any atom is 0.321 e. The number of carbonyl (C=O) groups is 1. The molecule has 1 fully saturated rings. The number of benzene rings is 2. The van der Waals surface area contributed by atoms with Crippen LogP contribution in [-0.4, -0.2) is 60.5 Å². The van der Waals surface area contributed by atoms with Crippen LogP contribution in [0.25, 0.3) is 0 Å². The maximum absolute atomic E-state index is 12.6. The summed E-state index contributed by atoms with van der Waals surface area (Å²) in [5, 5.41) is 17.0. The SMILES string of the molecule is CCCCc1ccc(NC(=O)N2CCC(NCC(O)C3COc4ccccc4O3)CC2)cc1. The molecule has 2 aliphatic rings. The van der Waals surface area contributed by atoms with E-state index in [0.29, 0.717) is 37.7 Å². The molecule has 7 nitrogen and oxygen atoms in total. The number of aryl methyl sites for hydroxylation is 1. The third-order valence-electron chi connectivity index (χ3n) is 6.38. The van der Waals surface area contributed by atoms with Gasteiger partial charge in [-0.25, -0.2) is 4.79 Å². The van der Waals surface area contributed by atoms with Crippen LogP contribution in [0.5, 0.6) is 11.5 Å². The van der Waals surface area contributed by atoms with Crippen LogP contribution in [0.3, 0.4) is 0 Å². The van der Waals surface area contributed by atoms with E-state index in [-0.39, 0.29) is 12.1 Å². The van der Waals surface area contributed by atoms with Gasteiger partial charge < -0.3 is 30.1 Å². The highest BCUT2D eigenvalue weighted by Crippen LogP contribution is 2.31. The molecule has 1 saturated heterocycles. The van der Waals surface area contributed by atoms with E-state index in [0.717, 1.165) is 24.9 Å². The number of fused-ring (bicyclic) bond motifs is 1. The molecule has 0 aromatic heterocycles. The molecular formula is C26H35N3O4. The van der Waals surface area contributed by atoms with Crippen molar-refractivity contribution in [2.45, 2.75) is 57.3 Å². The van der Waals surface area contributed by atoms with Crippen molar-refractivity contribution in [1.29, 1.82) is 0 Å². The summed E-state index contributed by atoms with van der Waals surface area (Å²) in [7, 11) is 0. The Balaban J connectivity index is 1.16. The summed E-state index contributed by atoms with van der Waals surface area (Å²) in [6, 6.07) is 15.9. The van der Waals surface area contributed by atoms with Crippen molar-refractivity contribution in [2.75, 3.05) is 31.6 Å². The summed E-state index contributed by atoms with van der Waals surface area (Å²) in [6.07, 6.45) is 4.07. The fraction of sp³-hybridized carbons (Fsp3) is 0.500. The van der Waals surface area contributed by atoms with Crippen LogP contribution < -0.4 is 20.1 Å². The Bertz CT molecular complexity index is 897. The second-order valence-corrected chi connectivity index (χ2v) is 8.88. The van der Waals surface area contributed by atoms with Gasteiger partial charge in [0.25, 0.3) is 0 Å². The zero-order valence-electron chi connectivity index (χ0n) is 19.3. The number of urea groups is 1. The Morgan fingerprint density at radius 2 is 1.85 bits per heavy atom. The first kappa shape index (κ1) is 23.4. The summed E-state index contributed by atoms with van der Waals surface area (Å²) in [5.41, 5.74) is 2.14. The van der Waals surface area contributed by atoms with Gasteiger partial charge in [-0.05, 0) is 55.5 Å². The molecule has 0 aliphatic carbocycles. The van der Waals surface area contributed by atoms with Crippen LogP contribution in [0.1, 0.15) is 38.2 Å². The first-order chi connectivity index (χ1) is 16.1. The van der Waals surface area contributed by atoms with Gasteiger partial charge in [0, 0.05) is 31.4 Å². The largest absolute Gasteiger partial charge is 0.486 e. The quantitative estimate of drug-likeness (QED) is 0.566. The second-order valence-electron chi connectivity index (χ2n) is 8.88. The van der Waals surface area contributed by atoms with Gasteiger partial charge in [-0.15, -0.1) is 0 Å². The van der Waals surface area contributed by atoms with Crippen molar-refractivity contribution in [3.05, 3.63) is 54.1 Å². The molecule has 2 amide bonds. The third kappa shape index (κ3) is 6.39. The monoisotopic (exact) mass is 453 g/mol. The number of aliphatic hydroxyl groups is 1. The van der Waals surface area contributed by atoms with E-state index in [1.807, 2.05) is 41.3 Å². The minimum atomic E-state index is -0.667. The number of aliphatic hydroxyl groups excluding tert-OH is 1. The minimum absolute atomic E-state index is 0.0544. The number of nitrogens with zero attached hydrogens (tertiary/aromatic N) is 1. The van der Waals surface area contributed by atoms with Crippen LogP contribution in [0, 0.1) is 0 Å². The molecule has 4 rings (SSSR count). The first-order valence-corrected chi connectivity index (χ1v) is 12.1. The smallest absolute Gasteiger partial charge is 0.321 e. The van der Waals surface area contributed by atoms with Crippen LogP contribution in [-0.2, 0) is 6.42 Å². The zero-order chi connectivity index (χ0) is 23.0. The molecule has 2 aromatic carbocycles. The Kier molecular flexibility index (Phi) is 8.07. The lowest BCUT2D eigenvalue weighted by Gasteiger charge is -2.34. The summed E-state index contributed by atoms with van der Waals surface area (Å²) in [4.78, 5) is 14.5. The molecule has 7 heteroatoms. The van der Waals surface area contributed by atoms with Crippen LogP contribution in [0.15, 0.2) is 48.5 Å². The van der Waals surface area contributed by atoms with Gasteiger partial charge in [-0.2, -0.15) is 0 Å². The molecule has 2 aromatic rings. The number of unbranched alkanes of at least 4 members (excludes halogenated alkanes) is 1. The number of carbonyl (C=O) groups excluding carboxylic acids is 1. The predicted octanol–water partition coefficient (Wildman–Crippen LogP) is 3.82. The van der Waals surface area contributed by atoms with Crippen molar-refractivity contribution in [3.63, 3.8) is 0 Å². The first-order valence-electron chi connectivity index (χ1n) is 12.1. The highest BCUT2D eigenvalue weighted by atomic mass is 16.6. The van der Waals surface area contributed by atoms with Crippen molar-refractivity contribution < 1.29 is 19.4 Å². The van der Waals surface area contributed by atoms with Gasteiger partial charge in [0.05, 0.1) is 0 Å². The predicted molar refractivity (Wildman–Crippen MR) is 129 cm³/mol. The molecule has 0 bridgehead atoms. The van der Waals surface area contributed by atoms with Gasteiger partial charge in [0.15, 0.2) is 17.6 Å². The van der Waals surface area contributed by atoms with Gasteiger partial charge >= 0.3 is 6.03 Å². The number of para-hydroxylation sites is 2. The summed E-state index contributed by atoms with van der Waals surface area (Å²) >= 11 is 0. The number of amides is 2. The number of rotatable bonds is 8. The topological polar surface area (TPSA) is 83.1 Å². The number of nitrogens with one attached hydrogen (secondary N) is 2. The van der Waals surface area contributed by atoms with E-state index >= 15 is 0 Å². The van der Waals surface area contributed by atoms with Crippen LogP contribution in [0.4, 0.5) is 10.5 Å². The lowest BCUT2D eigenvalue weighted by Crippen LogP contribution is -2.50. The van der Waals surface area contributed by atoms with E-state index in [9.17, 15) is 9.90 Å². The average molecular weight is 454 g/mol. The molecule has 2 atom stereocenters. The van der Waals surface area contributed by atoms with Crippen molar-refractivity contribution in [1.82, 2.24) is 10.2 Å². The molecule has 3 N–H and O–H groups in total. The molecule has 2 unspecified atom stereocenters. The molecule has 2 heterocycles. The fourth-order valence-electron chi connectivity index (χ4n) is 4.27. The molecule has 2 aliphatic heterocycles. The second kappa shape index (κ2) is 11.4. The molecule has 0 radical (unpaired) electrons. The lowest BCUT2D eigenvalue weighted by molar-refractivity contribution is -0.0108. The zero-order valence-corrected chi connectivity index (χ0v) is 19.3. The Morgan fingerprint density at radius 1 is 1.12 bits per heavy atom. The van der Waals surface area contributed by atoms with Crippen LogP contribution >= 0.6 is 0 Å². The van der Waals surface area contributed by atoms with E-state index in [1.165, 1.54) is 18.4 Å². The number of anilines is 1. The Labute approximate surface area is 196 Å². The van der Waals surface area contributed by atoms with Gasteiger partial charge in [-0.1, -0.05) is 37.6 Å².